The molecule has 1 aliphatic carbocycles. The van der Waals surface area contributed by atoms with Crippen LogP contribution in [0.4, 0.5) is 0 Å². The summed E-state index contributed by atoms with van der Waals surface area (Å²) in [5.41, 5.74) is 0. The maximum absolute atomic E-state index is 5.37. The Kier molecular flexibility index (Phi) is 4.42. The van der Waals surface area contributed by atoms with Crippen molar-refractivity contribution < 1.29 is 4.74 Å². The van der Waals surface area contributed by atoms with Gasteiger partial charge in [0.05, 0.1) is 6.10 Å². The topological polar surface area (TPSA) is 24.5 Å². The number of piperidine rings is 1. The average molecular weight is 212 g/mol. The van der Waals surface area contributed by atoms with Crippen LogP contribution in [0.1, 0.15) is 32.1 Å². The summed E-state index contributed by atoms with van der Waals surface area (Å²) < 4.78 is 5.37. The highest BCUT2D eigenvalue weighted by molar-refractivity contribution is 4.80. The largest absolute Gasteiger partial charge is 0.381 e. The van der Waals surface area contributed by atoms with Gasteiger partial charge in [0.1, 0.15) is 0 Å². The van der Waals surface area contributed by atoms with Crippen LogP contribution in [0.25, 0.3) is 0 Å². The van der Waals surface area contributed by atoms with Gasteiger partial charge in [-0.15, -0.1) is 0 Å². The minimum atomic E-state index is 0.519. The Hall–Kier alpha value is -0.120. The van der Waals surface area contributed by atoms with Gasteiger partial charge in [-0.1, -0.05) is 0 Å². The number of hydrogen-bond donors (Lipinski definition) is 1. The summed E-state index contributed by atoms with van der Waals surface area (Å²) in [5, 5.41) is 3.56. The second-order valence-electron chi connectivity index (χ2n) is 4.86. The first kappa shape index (κ1) is 11.4. The van der Waals surface area contributed by atoms with Crippen LogP contribution in [0.15, 0.2) is 0 Å². The SMILES string of the molecule is COC1CCN(CCCNC2CC2)CC1. The molecule has 2 aliphatic rings. The van der Waals surface area contributed by atoms with Crippen LogP contribution >= 0.6 is 0 Å². The van der Waals surface area contributed by atoms with Gasteiger partial charge in [-0.25, -0.2) is 0 Å². The van der Waals surface area contributed by atoms with Crippen molar-refractivity contribution in [2.75, 3.05) is 33.3 Å². The Morgan fingerprint density at radius 3 is 2.53 bits per heavy atom. The zero-order valence-electron chi connectivity index (χ0n) is 9.87. The monoisotopic (exact) mass is 212 g/mol. The van der Waals surface area contributed by atoms with E-state index in [-0.39, 0.29) is 0 Å². The van der Waals surface area contributed by atoms with Gasteiger partial charge in [-0.2, -0.15) is 0 Å². The van der Waals surface area contributed by atoms with Crippen LogP contribution in [0, 0.1) is 0 Å². The van der Waals surface area contributed by atoms with Gasteiger partial charge < -0.3 is 15.0 Å². The number of rotatable bonds is 6. The summed E-state index contributed by atoms with van der Waals surface area (Å²) in [7, 11) is 1.83. The zero-order chi connectivity index (χ0) is 10.5. The molecule has 3 heteroatoms. The third-order valence-electron chi connectivity index (χ3n) is 3.53. The Labute approximate surface area is 93.2 Å². The summed E-state index contributed by atoms with van der Waals surface area (Å²) in [5.74, 6) is 0. The second kappa shape index (κ2) is 5.83. The predicted molar refractivity (Wildman–Crippen MR) is 62.1 cm³/mol. The zero-order valence-corrected chi connectivity index (χ0v) is 9.87. The van der Waals surface area contributed by atoms with E-state index in [1.807, 2.05) is 7.11 Å². The lowest BCUT2D eigenvalue weighted by molar-refractivity contribution is 0.0409. The summed E-state index contributed by atoms with van der Waals surface area (Å²) in [6.45, 7) is 4.91. The molecular formula is C12H24N2O. The van der Waals surface area contributed by atoms with Crippen molar-refractivity contribution in [1.82, 2.24) is 10.2 Å². The number of likely N-dealkylation sites (tertiary alicyclic amines) is 1. The number of nitrogens with one attached hydrogen (secondary N) is 1. The standard InChI is InChI=1S/C12H24N2O/c1-15-12-5-9-14(10-6-12)8-2-7-13-11-3-4-11/h11-13H,2-10H2,1H3. The minimum absolute atomic E-state index is 0.519. The van der Waals surface area contributed by atoms with Crippen LogP contribution in [0.3, 0.4) is 0 Å². The first-order valence-electron chi connectivity index (χ1n) is 6.37. The van der Waals surface area contributed by atoms with Crippen molar-refractivity contribution in [3.05, 3.63) is 0 Å². The molecule has 0 unspecified atom stereocenters. The highest BCUT2D eigenvalue weighted by atomic mass is 16.5. The van der Waals surface area contributed by atoms with Crippen molar-refractivity contribution >= 4 is 0 Å². The maximum atomic E-state index is 5.37. The van der Waals surface area contributed by atoms with Gasteiger partial charge in [-0.05, 0) is 45.2 Å². The average Bonchev–Trinajstić information content (AvgIpc) is 3.09. The minimum Gasteiger partial charge on any atom is -0.381 e. The molecular weight excluding hydrogens is 188 g/mol. The van der Waals surface area contributed by atoms with Crippen molar-refractivity contribution in [3.8, 4) is 0 Å². The molecule has 2 rings (SSSR count). The molecule has 1 N–H and O–H groups in total. The van der Waals surface area contributed by atoms with Gasteiger partial charge in [0, 0.05) is 26.2 Å². The third-order valence-corrected chi connectivity index (χ3v) is 3.53. The van der Waals surface area contributed by atoms with E-state index in [1.54, 1.807) is 0 Å². The van der Waals surface area contributed by atoms with Crippen molar-refractivity contribution in [3.63, 3.8) is 0 Å². The molecule has 0 amide bonds. The Bertz CT molecular complexity index is 174. The summed E-state index contributed by atoms with van der Waals surface area (Å²) in [6, 6.07) is 0.865. The number of ether oxygens (including phenoxy) is 1. The fourth-order valence-electron chi connectivity index (χ4n) is 2.26. The molecule has 1 saturated carbocycles. The second-order valence-corrected chi connectivity index (χ2v) is 4.86. The third kappa shape index (κ3) is 4.09. The lowest BCUT2D eigenvalue weighted by Crippen LogP contribution is -2.38. The van der Waals surface area contributed by atoms with E-state index >= 15 is 0 Å². The van der Waals surface area contributed by atoms with Gasteiger partial charge in [-0.3, -0.25) is 0 Å². The molecule has 2 fully saturated rings. The smallest absolute Gasteiger partial charge is 0.0595 e. The molecule has 0 atom stereocenters. The molecule has 1 saturated heterocycles. The molecule has 0 spiro atoms. The predicted octanol–water partition coefficient (Wildman–Crippen LogP) is 1.24. The van der Waals surface area contributed by atoms with E-state index in [0.717, 1.165) is 6.04 Å². The van der Waals surface area contributed by atoms with E-state index in [0.29, 0.717) is 6.10 Å². The lowest BCUT2D eigenvalue weighted by atomic mass is 10.1. The van der Waals surface area contributed by atoms with Crippen LogP contribution < -0.4 is 5.32 Å². The van der Waals surface area contributed by atoms with E-state index in [1.165, 1.54) is 58.3 Å². The first-order chi connectivity index (χ1) is 7.38. The van der Waals surface area contributed by atoms with Crippen molar-refractivity contribution in [1.29, 1.82) is 0 Å². The molecule has 0 aromatic heterocycles. The van der Waals surface area contributed by atoms with Crippen LogP contribution in [-0.4, -0.2) is 50.3 Å². The summed E-state index contributed by atoms with van der Waals surface area (Å²) in [4.78, 5) is 2.57. The quantitative estimate of drug-likeness (QED) is 0.670. The Morgan fingerprint density at radius 1 is 1.20 bits per heavy atom. The summed E-state index contributed by atoms with van der Waals surface area (Å²) in [6.07, 6.45) is 7.05. The Balaban J connectivity index is 1.48. The molecule has 1 aliphatic heterocycles. The van der Waals surface area contributed by atoms with E-state index in [4.69, 9.17) is 4.74 Å². The maximum Gasteiger partial charge on any atom is 0.0595 e. The van der Waals surface area contributed by atoms with Gasteiger partial charge in [0.25, 0.3) is 0 Å². The number of nitrogens with zero attached hydrogens (tertiary/aromatic N) is 1. The van der Waals surface area contributed by atoms with E-state index in [2.05, 4.69) is 10.2 Å². The number of hydrogen-bond acceptors (Lipinski definition) is 3. The highest BCUT2D eigenvalue weighted by Gasteiger charge is 2.20. The molecule has 0 radical (unpaired) electrons. The highest BCUT2D eigenvalue weighted by Crippen LogP contribution is 2.18. The molecule has 0 aromatic rings. The van der Waals surface area contributed by atoms with Gasteiger partial charge in [0.2, 0.25) is 0 Å². The molecule has 1 heterocycles. The van der Waals surface area contributed by atoms with Crippen LogP contribution in [0.2, 0.25) is 0 Å². The Morgan fingerprint density at radius 2 is 1.93 bits per heavy atom. The van der Waals surface area contributed by atoms with Crippen LogP contribution in [0.5, 0.6) is 0 Å². The first-order valence-corrected chi connectivity index (χ1v) is 6.37. The van der Waals surface area contributed by atoms with Gasteiger partial charge >= 0.3 is 0 Å². The fraction of sp³-hybridized carbons (Fsp3) is 1.00. The van der Waals surface area contributed by atoms with Crippen molar-refractivity contribution in [2.24, 2.45) is 0 Å². The molecule has 3 nitrogen and oxygen atoms in total. The summed E-state index contributed by atoms with van der Waals surface area (Å²) >= 11 is 0. The van der Waals surface area contributed by atoms with Crippen molar-refractivity contribution in [2.45, 2.75) is 44.2 Å². The van der Waals surface area contributed by atoms with E-state index < -0.39 is 0 Å². The molecule has 15 heavy (non-hydrogen) atoms. The molecule has 88 valence electrons. The fourth-order valence-corrected chi connectivity index (χ4v) is 2.26. The van der Waals surface area contributed by atoms with E-state index in [9.17, 15) is 0 Å². The van der Waals surface area contributed by atoms with Crippen LogP contribution in [-0.2, 0) is 4.74 Å². The normalized spacial score (nSPS) is 24.6. The molecule has 0 aromatic carbocycles. The number of methoxy groups -OCH3 is 1. The lowest BCUT2D eigenvalue weighted by Gasteiger charge is -2.31. The van der Waals surface area contributed by atoms with Gasteiger partial charge in [0.15, 0.2) is 0 Å². The molecule has 0 bridgehead atoms.